The summed E-state index contributed by atoms with van der Waals surface area (Å²) >= 11 is 0. The highest BCUT2D eigenvalue weighted by Gasteiger charge is 2.15. The standard InChI is InChI=1S/C20H27N/c1-5-15(3)17-11-13-18(14-12-17)20(21-6-2)19-10-8-7-9-16(19)4/h7-15,20-21H,5-6H2,1-4H3. The molecular formula is C20H27N. The fourth-order valence-electron chi connectivity index (χ4n) is 2.77. The van der Waals surface area contributed by atoms with Crippen molar-refractivity contribution in [3.05, 3.63) is 70.8 Å². The van der Waals surface area contributed by atoms with Crippen LogP contribution in [0.2, 0.25) is 0 Å². The molecule has 0 aliphatic heterocycles. The van der Waals surface area contributed by atoms with Crippen LogP contribution in [0.4, 0.5) is 0 Å². The SMILES string of the molecule is CCNC(c1ccc(C(C)CC)cc1)c1ccccc1C. The third-order valence-electron chi connectivity index (χ3n) is 4.36. The molecule has 0 aliphatic rings. The monoisotopic (exact) mass is 281 g/mol. The molecule has 0 saturated heterocycles. The molecule has 112 valence electrons. The normalized spacial score (nSPS) is 13.9. The van der Waals surface area contributed by atoms with E-state index >= 15 is 0 Å². The maximum Gasteiger partial charge on any atom is 0.0579 e. The van der Waals surface area contributed by atoms with Crippen LogP contribution in [0.25, 0.3) is 0 Å². The van der Waals surface area contributed by atoms with E-state index in [4.69, 9.17) is 0 Å². The lowest BCUT2D eigenvalue weighted by molar-refractivity contribution is 0.627. The predicted molar refractivity (Wildman–Crippen MR) is 91.8 cm³/mol. The van der Waals surface area contributed by atoms with Crippen LogP contribution in [0.15, 0.2) is 48.5 Å². The second-order valence-corrected chi connectivity index (χ2v) is 5.82. The second-order valence-electron chi connectivity index (χ2n) is 5.82. The van der Waals surface area contributed by atoms with Crippen LogP contribution in [-0.2, 0) is 0 Å². The highest BCUT2D eigenvalue weighted by atomic mass is 14.9. The molecule has 1 N–H and O–H groups in total. The molecular weight excluding hydrogens is 254 g/mol. The molecule has 21 heavy (non-hydrogen) atoms. The lowest BCUT2D eigenvalue weighted by Gasteiger charge is -2.21. The minimum Gasteiger partial charge on any atom is -0.307 e. The van der Waals surface area contributed by atoms with E-state index in [-0.39, 0.29) is 6.04 Å². The summed E-state index contributed by atoms with van der Waals surface area (Å²) in [6, 6.07) is 18.1. The smallest absolute Gasteiger partial charge is 0.0579 e. The number of hydrogen-bond acceptors (Lipinski definition) is 1. The molecule has 0 spiro atoms. The lowest BCUT2D eigenvalue weighted by atomic mass is 9.92. The van der Waals surface area contributed by atoms with E-state index in [9.17, 15) is 0 Å². The molecule has 0 radical (unpaired) electrons. The fraction of sp³-hybridized carbons (Fsp3) is 0.400. The van der Waals surface area contributed by atoms with Crippen LogP contribution in [0.3, 0.4) is 0 Å². The third-order valence-corrected chi connectivity index (χ3v) is 4.36. The Morgan fingerprint density at radius 3 is 2.10 bits per heavy atom. The van der Waals surface area contributed by atoms with Crippen LogP contribution in [0, 0.1) is 6.92 Å². The summed E-state index contributed by atoms with van der Waals surface area (Å²) in [7, 11) is 0. The van der Waals surface area contributed by atoms with Crippen molar-refractivity contribution in [1.29, 1.82) is 0 Å². The van der Waals surface area contributed by atoms with E-state index in [1.165, 1.54) is 28.7 Å². The van der Waals surface area contributed by atoms with Crippen molar-refractivity contribution in [2.24, 2.45) is 0 Å². The molecule has 2 rings (SSSR count). The van der Waals surface area contributed by atoms with E-state index in [0.717, 1.165) is 6.54 Å². The van der Waals surface area contributed by atoms with Gasteiger partial charge >= 0.3 is 0 Å². The Balaban J connectivity index is 2.33. The molecule has 2 unspecified atom stereocenters. The molecule has 0 fully saturated rings. The van der Waals surface area contributed by atoms with E-state index in [1.54, 1.807) is 0 Å². The molecule has 0 saturated carbocycles. The van der Waals surface area contributed by atoms with Gasteiger partial charge in [0.25, 0.3) is 0 Å². The maximum absolute atomic E-state index is 3.62. The average Bonchev–Trinajstić information content (AvgIpc) is 2.53. The van der Waals surface area contributed by atoms with Gasteiger partial charge in [0.1, 0.15) is 0 Å². The Morgan fingerprint density at radius 2 is 1.52 bits per heavy atom. The third kappa shape index (κ3) is 3.74. The lowest BCUT2D eigenvalue weighted by Crippen LogP contribution is -2.22. The number of hydrogen-bond donors (Lipinski definition) is 1. The zero-order valence-electron chi connectivity index (χ0n) is 13.7. The number of nitrogens with one attached hydrogen (secondary N) is 1. The van der Waals surface area contributed by atoms with Crippen molar-refractivity contribution in [1.82, 2.24) is 5.32 Å². The summed E-state index contributed by atoms with van der Waals surface area (Å²) in [4.78, 5) is 0. The van der Waals surface area contributed by atoms with Gasteiger partial charge in [0.15, 0.2) is 0 Å². The number of benzene rings is 2. The summed E-state index contributed by atoms with van der Waals surface area (Å²) < 4.78 is 0. The molecule has 0 aromatic heterocycles. The van der Waals surface area contributed by atoms with Crippen LogP contribution in [0.1, 0.15) is 61.4 Å². The van der Waals surface area contributed by atoms with Gasteiger partial charge in [-0.1, -0.05) is 69.3 Å². The van der Waals surface area contributed by atoms with Crippen molar-refractivity contribution in [3.8, 4) is 0 Å². The Morgan fingerprint density at radius 1 is 0.905 bits per heavy atom. The van der Waals surface area contributed by atoms with Gasteiger partial charge in [-0.25, -0.2) is 0 Å². The summed E-state index contributed by atoms with van der Waals surface area (Å²) in [5, 5.41) is 3.62. The minimum absolute atomic E-state index is 0.280. The van der Waals surface area contributed by atoms with Crippen molar-refractivity contribution in [2.75, 3.05) is 6.54 Å². The average molecular weight is 281 g/mol. The van der Waals surface area contributed by atoms with Gasteiger partial charge in [0, 0.05) is 0 Å². The first-order valence-corrected chi connectivity index (χ1v) is 8.06. The molecule has 1 heteroatoms. The second kappa shape index (κ2) is 7.42. The zero-order chi connectivity index (χ0) is 15.2. The Labute approximate surface area is 129 Å². The van der Waals surface area contributed by atoms with E-state index in [2.05, 4.69) is 81.5 Å². The summed E-state index contributed by atoms with van der Waals surface area (Å²) in [6.07, 6.45) is 1.19. The van der Waals surface area contributed by atoms with Crippen molar-refractivity contribution in [3.63, 3.8) is 0 Å². The Kier molecular flexibility index (Phi) is 5.58. The van der Waals surface area contributed by atoms with Gasteiger partial charge in [-0.2, -0.15) is 0 Å². The highest BCUT2D eigenvalue weighted by molar-refractivity contribution is 5.38. The van der Waals surface area contributed by atoms with Crippen molar-refractivity contribution < 1.29 is 0 Å². The van der Waals surface area contributed by atoms with Gasteiger partial charge in [-0.3, -0.25) is 0 Å². The Hall–Kier alpha value is -1.60. The van der Waals surface area contributed by atoms with E-state index in [1.807, 2.05) is 0 Å². The van der Waals surface area contributed by atoms with Crippen LogP contribution in [0.5, 0.6) is 0 Å². The molecule has 0 bridgehead atoms. The molecule has 1 nitrogen and oxygen atoms in total. The largest absolute Gasteiger partial charge is 0.307 e. The first-order valence-electron chi connectivity index (χ1n) is 8.06. The predicted octanol–water partition coefficient (Wildman–Crippen LogP) is 5.21. The van der Waals surface area contributed by atoms with Gasteiger partial charge in [0.2, 0.25) is 0 Å². The molecule has 0 heterocycles. The van der Waals surface area contributed by atoms with Crippen LogP contribution >= 0.6 is 0 Å². The van der Waals surface area contributed by atoms with Crippen molar-refractivity contribution in [2.45, 2.75) is 46.1 Å². The maximum atomic E-state index is 3.62. The minimum atomic E-state index is 0.280. The molecule has 2 aromatic rings. The first-order chi connectivity index (χ1) is 10.2. The number of aryl methyl sites for hydroxylation is 1. The van der Waals surface area contributed by atoms with Gasteiger partial charge < -0.3 is 5.32 Å². The Bertz CT molecular complexity index is 556. The molecule has 2 aromatic carbocycles. The molecule has 0 aliphatic carbocycles. The van der Waals surface area contributed by atoms with Gasteiger partial charge in [-0.15, -0.1) is 0 Å². The summed E-state index contributed by atoms with van der Waals surface area (Å²) in [6.45, 7) is 9.85. The molecule has 0 amide bonds. The van der Waals surface area contributed by atoms with Crippen LogP contribution < -0.4 is 5.32 Å². The van der Waals surface area contributed by atoms with Crippen LogP contribution in [-0.4, -0.2) is 6.54 Å². The summed E-state index contributed by atoms with van der Waals surface area (Å²) in [5.74, 6) is 0.634. The van der Waals surface area contributed by atoms with Gasteiger partial charge in [0.05, 0.1) is 6.04 Å². The van der Waals surface area contributed by atoms with Gasteiger partial charge in [-0.05, 0) is 48.1 Å². The fourth-order valence-corrected chi connectivity index (χ4v) is 2.77. The van der Waals surface area contributed by atoms with E-state index < -0.39 is 0 Å². The first kappa shape index (κ1) is 15.8. The molecule has 2 atom stereocenters. The topological polar surface area (TPSA) is 12.0 Å². The van der Waals surface area contributed by atoms with E-state index in [0.29, 0.717) is 5.92 Å². The van der Waals surface area contributed by atoms with Crippen molar-refractivity contribution >= 4 is 0 Å². The summed E-state index contributed by atoms with van der Waals surface area (Å²) in [5.41, 5.74) is 5.49. The zero-order valence-corrected chi connectivity index (χ0v) is 13.7. The number of rotatable bonds is 6. The quantitative estimate of drug-likeness (QED) is 0.766. The highest BCUT2D eigenvalue weighted by Crippen LogP contribution is 2.27.